The number of benzene rings is 2. The molecule has 3 rings (SSSR count). The van der Waals surface area contributed by atoms with Gasteiger partial charge in [0.15, 0.2) is 0 Å². The van der Waals surface area contributed by atoms with Crippen molar-refractivity contribution in [3.8, 4) is 10.6 Å². The van der Waals surface area contributed by atoms with E-state index < -0.39 is 11.7 Å². The zero-order valence-corrected chi connectivity index (χ0v) is 12.6. The topological polar surface area (TPSA) is 12.9 Å². The van der Waals surface area contributed by atoms with Crippen molar-refractivity contribution >= 4 is 33.3 Å². The second-order valence-electron chi connectivity index (χ2n) is 4.40. The molecule has 6 heteroatoms. The average molecular weight is 325 g/mol. The Balaban J connectivity index is 2.13. The zero-order chi connectivity index (χ0) is 15.0. The fraction of sp³-hybridized carbons (Fsp3) is 0.133. The third kappa shape index (κ3) is 2.78. The van der Waals surface area contributed by atoms with E-state index >= 15 is 0 Å². The van der Waals surface area contributed by atoms with Crippen LogP contribution in [-0.4, -0.2) is 11.2 Å². The van der Waals surface area contributed by atoms with Crippen molar-refractivity contribution in [2.45, 2.75) is 11.1 Å². The molecule has 2 aromatic carbocycles. The number of hydrogen-bond acceptors (Lipinski definition) is 3. The molecule has 0 atom stereocenters. The normalized spacial score (nSPS) is 12.0. The number of hydrogen-bond donors (Lipinski definition) is 0. The van der Waals surface area contributed by atoms with Gasteiger partial charge in [0.1, 0.15) is 5.01 Å². The van der Waals surface area contributed by atoms with E-state index in [9.17, 15) is 13.2 Å². The Morgan fingerprint density at radius 3 is 2.57 bits per heavy atom. The van der Waals surface area contributed by atoms with Gasteiger partial charge >= 0.3 is 6.18 Å². The van der Waals surface area contributed by atoms with Crippen molar-refractivity contribution in [1.29, 1.82) is 0 Å². The summed E-state index contributed by atoms with van der Waals surface area (Å²) >= 11 is 3.00. The maximum atomic E-state index is 12.7. The molecule has 0 aliphatic rings. The van der Waals surface area contributed by atoms with Crippen LogP contribution in [0.15, 0.2) is 47.4 Å². The molecule has 0 saturated heterocycles. The summed E-state index contributed by atoms with van der Waals surface area (Å²) in [6, 6.07) is 11.5. The molecule has 0 fully saturated rings. The lowest BCUT2D eigenvalue weighted by molar-refractivity contribution is -0.137. The van der Waals surface area contributed by atoms with Gasteiger partial charge in [0.05, 0.1) is 15.8 Å². The van der Waals surface area contributed by atoms with E-state index in [4.69, 9.17) is 0 Å². The molecular weight excluding hydrogens is 315 g/mol. The second kappa shape index (κ2) is 5.35. The fourth-order valence-corrected chi connectivity index (χ4v) is 3.69. The Morgan fingerprint density at radius 2 is 1.86 bits per heavy atom. The first kappa shape index (κ1) is 14.4. The van der Waals surface area contributed by atoms with Gasteiger partial charge in [-0.2, -0.15) is 13.2 Å². The molecule has 108 valence electrons. The highest BCUT2D eigenvalue weighted by molar-refractivity contribution is 7.98. The predicted octanol–water partition coefficient (Wildman–Crippen LogP) is 5.70. The summed E-state index contributed by atoms with van der Waals surface area (Å²) in [5.41, 5.74) is 0.686. The monoisotopic (exact) mass is 325 g/mol. The SMILES string of the molecule is CSc1ccccc1-c1nc2cc(C(F)(F)F)ccc2s1. The molecule has 1 nitrogen and oxygen atoms in total. The highest BCUT2D eigenvalue weighted by Crippen LogP contribution is 2.37. The highest BCUT2D eigenvalue weighted by atomic mass is 32.2. The van der Waals surface area contributed by atoms with Crippen molar-refractivity contribution in [2.75, 3.05) is 6.26 Å². The van der Waals surface area contributed by atoms with Crippen molar-refractivity contribution in [2.24, 2.45) is 0 Å². The second-order valence-corrected chi connectivity index (χ2v) is 6.28. The van der Waals surface area contributed by atoms with Crippen LogP contribution in [0.4, 0.5) is 13.2 Å². The predicted molar refractivity (Wildman–Crippen MR) is 81.8 cm³/mol. The molecule has 0 saturated carbocycles. The van der Waals surface area contributed by atoms with Gasteiger partial charge in [-0.25, -0.2) is 4.98 Å². The molecule has 1 heterocycles. The van der Waals surface area contributed by atoms with Gasteiger partial charge in [-0.05, 0) is 30.5 Å². The lowest BCUT2D eigenvalue weighted by atomic mass is 10.2. The van der Waals surface area contributed by atoms with Crippen molar-refractivity contribution in [3.05, 3.63) is 48.0 Å². The molecule has 0 spiro atoms. The number of alkyl halides is 3. The minimum absolute atomic E-state index is 0.390. The molecule has 1 aromatic heterocycles. The third-order valence-electron chi connectivity index (χ3n) is 3.05. The Morgan fingerprint density at radius 1 is 1.10 bits per heavy atom. The van der Waals surface area contributed by atoms with E-state index in [0.29, 0.717) is 5.52 Å². The number of halogens is 3. The van der Waals surface area contributed by atoms with Gasteiger partial charge in [0.2, 0.25) is 0 Å². The van der Waals surface area contributed by atoms with Crippen molar-refractivity contribution in [1.82, 2.24) is 4.98 Å². The first-order valence-electron chi connectivity index (χ1n) is 6.10. The lowest BCUT2D eigenvalue weighted by Gasteiger charge is -2.04. The Bertz CT molecular complexity index is 793. The zero-order valence-electron chi connectivity index (χ0n) is 10.9. The van der Waals surface area contributed by atoms with E-state index in [1.54, 1.807) is 11.8 Å². The van der Waals surface area contributed by atoms with Gasteiger partial charge in [-0.1, -0.05) is 18.2 Å². The Hall–Kier alpha value is -1.53. The number of rotatable bonds is 2. The molecule has 0 N–H and O–H groups in total. The molecule has 0 aliphatic heterocycles. The van der Waals surface area contributed by atoms with Crippen LogP contribution in [0.3, 0.4) is 0 Å². The molecular formula is C15H10F3NS2. The Labute approximate surface area is 127 Å². The van der Waals surface area contributed by atoms with Crippen LogP contribution in [0.25, 0.3) is 20.8 Å². The van der Waals surface area contributed by atoms with Crippen LogP contribution in [0.1, 0.15) is 5.56 Å². The van der Waals surface area contributed by atoms with E-state index in [2.05, 4.69) is 4.98 Å². The van der Waals surface area contributed by atoms with Crippen LogP contribution < -0.4 is 0 Å². The van der Waals surface area contributed by atoms with Crippen LogP contribution in [0.5, 0.6) is 0 Å². The molecule has 0 radical (unpaired) electrons. The third-order valence-corrected chi connectivity index (χ3v) is 4.92. The smallest absolute Gasteiger partial charge is 0.236 e. The number of thioether (sulfide) groups is 1. The Kier molecular flexibility index (Phi) is 3.67. The first-order valence-corrected chi connectivity index (χ1v) is 8.14. The maximum absolute atomic E-state index is 12.7. The van der Waals surface area contributed by atoms with Crippen LogP contribution in [-0.2, 0) is 6.18 Å². The quantitative estimate of drug-likeness (QED) is 0.560. The molecule has 0 amide bonds. The van der Waals surface area contributed by atoms with Crippen LogP contribution >= 0.6 is 23.1 Å². The fourth-order valence-electron chi connectivity index (χ4n) is 2.04. The summed E-state index contributed by atoms with van der Waals surface area (Å²) in [6.07, 6.45) is -2.37. The minimum atomic E-state index is -4.34. The van der Waals surface area contributed by atoms with Gasteiger partial charge < -0.3 is 0 Å². The van der Waals surface area contributed by atoms with Crippen LogP contribution in [0, 0.1) is 0 Å². The summed E-state index contributed by atoms with van der Waals surface area (Å²) in [7, 11) is 0. The van der Waals surface area contributed by atoms with Crippen molar-refractivity contribution in [3.63, 3.8) is 0 Å². The van der Waals surface area contributed by atoms with Gasteiger partial charge in [-0.3, -0.25) is 0 Å². The molecule has 3 aromatic rings. The van der Waals surface area contributed by atoms with Gasteiger partial charge in [0, 0.05) is 10.5 Å². The molecule has 0 bridgehead atoms. The van der Waals surface area contributed by atoms with E-state index in [1.165, 1.54) is 17.4 Å². The maximum Gasteiger partial charge on any atom is 0.416 e. The summed E-state index contributed by atoms with van der Waals surface area (Å²) in [4.78, 5) is 5.43. The summed E-state index contributed by atoms with van der Waals surface area (Å²) in [5.74, 6) is 0. The number of fused-ring (bicyclic) bond motifs is 1. The molecule has 21 heavy (non-hydrogen) atoms. The van der Waals surface area contributed by atoms with E-state index in [-0.39, 0.29) is 0 Å². The molecule has 0 aliphatic carbocycles. The highest BCUT2D eigenvalue weighted by Gasteiger charge is 2.30. The molecule has 0 unspecified atom stereocenters. The summed E-state index contributed by atoms with van der Waals surface area (Å²) in [6.45, 7) is 0. The summed E-state index contributed by atoms with van der Waals surface area (Å²) in [5, 5.41) is 0.745. The lowest BCUT2D eigenvalue weighted by Crippen LogP contribution is -2.03. The largest absolute Gasteiger partial charge is 0.416 e. The van der Waals surface area contributed by atoms with Crippen molar-refractivity contribution < 1.29 is 13.2 Å². The van der Waals surface area contributed by atoms with Gasteiger partial charge in [-0.15, -0.1) is 23.1 Å². The van der Waals surface area contributed by atoms with E-state index in [1.807, 2.05) is 30.5 Å². The minimum Gasteiger partial charge on any atom is -0.236 e. The van der Waals surface area contributed by atoms with Gasteiger partial charge in [0.25, 0.3) is 0 Å². The number of aromatic nitrogens is 1. The summed E-state index contributed by atoms with van der Waals surface area (Å²) < 4.78 is 39.0. The number of thiazole rings is 1. The first-order chi connectivity index (χ1) is 9.99. The van der Waals surface area contributed by atoms with E-state index in [0.717, 1.165) is 32.3 Å². The average Bonchev–Trinajstić information content (AvgIpc) is 2.89. The van der Waals surface area contributed by atoms with Crippen LogP contribution in [0.2, 0.25) is 0 Å². The standard InChI is InChI=1S/C15H10F3NS2/c1-20-12-5-3-2-4-10(12)14-19-11-8-9(15(16,17)18)6-7-13(11)21-14/h2-8H,1H3. The number of nitrogens with zero attached hydrogens (tertiary/aromatic N) is 1.